The van der Waals surface area contributed by atoms with E-state index >= 15 is 0 Å². The van der Waals surface area contributed by atoms with Crippen LogP contribution in [0.15, 0.2) is 51.4 Å². The number of rotatable bonds is 3. The minimum Gasteiger partial charge on any atom is -0.308 e. The van der Waals surface area contributed by atoms with E-state index in [1.165, 1.54) is 6.92 Å². The van der Waals surface area contributed by atoms with Gasteiger partial charge in [0.25, 0.3) is 0 Å². The Bertz CT molecular complexity index is 685. The highest BCUT2D eigenvalue weighted by Gasteiger charge is 2.06. The Kier molecular flexibility index (Phi) is 5.14. The average Bonchev–Trinajstić information content (AvgIpc) is 2.42. The Morgan fingerprint density at radius 3 is 2.19 bits per heavy atom. The lowest BCUT2D eigenvalue weighted by atomic mass is 10.1. The highest BCUT2D eigenvalue weighted by Crippen LogP contribution is 2.26. The maximum atomic E-state index is 11.9. The van der Waals surface area contributed by atoms with Gasteiger partial charge in [-0.15, -0.1) is 0 Å². The molecule has 0 aliphatic carbocycles. The molecule has 2 rings (SSSR count). The predicted molar refractivity (Wildman–Crippen MR) is 90.9 cm³/mol. The van der Waals surface area contributed by atoms with E-state index in [1.54, 1.807) is 30.3 Å². The first-order chi connectivity index (χ1) is 9.95. The molecular weight excluding hydrogens is 400 g/mol. The quantitative estimate of drug-likeness (QED) is 0.693. The molecule has 4 nitrogen and oxygen atoms in total. The number of amides is 2. The van der Waals surface area contributed by atoms with Gasteiger partial charge in [-0.3, -0.25) is 4.79 Å². The molecule has 0 aromatic heterocycles. The van der Waals surface area contributed by atoms with E-state index in [0.717, 1.165) is 8.95 Å². The van der Waals surface area contributed by atoms with E-state index in [1.807, 2.05) is 12.1 Å². The molecule has 2 amide bonds. The number of halogens is 2. The molecule has 6 heteroatoms. The van der Waals surface area contributed by atoms with Crippen molar-refractivity contribution in [1.29, 1.82) is 0 Å². The maximum Gasteiger partial charge on any atom is 0.323 e. The van der Waals surface area contributed by atoms with E-state index < -0.39 is 0 Å². The number of Topliss-reactive ketones (excluding diaryl/α,β-unsaturated/α-hetero) is 1. The Morgan fingerprint density at radius 1 is 0.952 bits per heavy atom. The molecule has 2 aromatic carbocycles. The van der Waals surface area contributed by atoms with Crippen molar-refractivity contribution in [2.45, 2.75) is 6.92 Å². The van der Waals surface area contributed by atoms with E-state index in [9.17, 15) is 9.59 Å². The largest absolute Gasteiger partial charge is 0.323 e. The van der Waals surface area contributed by atoms with Crippen molar-refractivity contribution in [3.8, 4) is 0 Å². The standard InChI is InChI=1S/C15H12Br2N2O2/c1-9(20)10-2-5-12(6-3-10)18-15(21)19-14-7-4-11(16)8-13(14)17/h2-8H,1H3,(H2,18,19,21). The minimum absolute atomic E-state index is 0.00945. The highest BCUT2D eigenvalue weighted by atomic mass is 79.9. The number of hydrogen-bond acceptors (Lipinski definition) is 2. The summed E-state index contributed by atoms with van der Waals surface area (Å²) in [6, 6.07) is 11.8. The van der Waals surface area contributed by atoms with Crippen molar-refractivity contribution in [3.63, 3.8) is 0 Å². The van der Waals surface area contributed by atoms with Crippen LogP contribution in [0.4, 0.5) is 16.2 Å². The van der Waals surface area contributed by atoms with Crippen molar-refractivity contribution in [1.82, 2.24) is 0 Å². The topological polar surface area (TPSA) is 58.2 Å². The van der Waals surface area contributed by atoms with Crippen LogP contribution in [0.3, 0.4) is 0 Å². The summed E-state index contributed by atoms with van der Waals surface area (Å²) in [5, 5.41) is 5.44. The first kappa shape index (κ1) is 15.7. The summed E-state index contributed by atoms with van der Waals surface area (Å²) in [4.78, 5) is 23.1. The number of carbonyl (C=O) groups excluding carboxylic acids is 2. The van der Waals surface area contributed by atoms with Crippen LogP contribution in [0.5, 0.6) is 0 Å². The van der Waals surface area contributed by atoms with Crippen LogP contribution < -0.4 is 10.6 Å². The van der Waals surface area contributed by atoms with Crippen molar-refractivity contribution in [2.75, 3.05) is 10.6 Å². The monoisotopic (exact) mass is 410 g/mol. The van der Waals surface area contributed by atoms with Gasteiger partial charge in [0.15, 0.2) is 5.78 Å². The molecule has 0 radical (unpaired) electrons. The lowest BCUT2D eigenvalue weighted by Gasteiger charge is -2.09. The number of nitrogens with one attached hydrogen (secondary N) is 2. The summed E-state index contributed by atoms with van der Waals surface area (Å²) in [6.07, 6.45) is 0. The molecule has 0 heterocycles. The van der Waals surface area contributed by atoms with Crippen LogP contribution in [0.1, 0.15) is 17.3 Å². The van der Waals surface area contributed by atoms with Crippen LogP contribution >= 0.6 is 31.9 Å². The highest BCUT2D eigenvalue weighted by molar-refractivity contribution is 9.11. The minimum atomic E-state index is -0.353. The number of anilines is 2. The molecule has 108 valence electrons. The van der Waals surface area contributed by atoms with Crippen molar-refractivity contribution >= 4 is 55.0 Å². The number of benzene rings is 2. The Morgan fingerprint density at radius 2 is 1.62 bits per heavy atom. The van der Waals surface area contributed by atoms with E-state index in [-0.39, 0.29) is 11.8 Å². The Hall–Kier alpha value is -1.66. The molecule has 2 N–H and O–H groups in total. The molecule has 0 saturated carbocycles. The predicted octanol–water partition coefficient (Wildman–Crippen LogP) is 5.06. The number of hydrogen-bond donors (Lipinski definition) is 2. The van der Waals surface area contributed by atoms with Gasteiger partial charge in [-0.05, 0) is 65.3 Å². The molecule has 2 aromatic rings. The summed E-state index contributed by atoms with van der Waals surface area (Å²) in [6.45, 7) is 1.50. The first-order valence-corrected chi connectivity index (χ1v) is 7.68. The third-order valence-corrected chi connectivity index (χ3v) is 3.88. The Labute approximate surface area is 139 Å². The van der Waals surface area contributed by atoms with Gasteiger partial charge >= 0.3 is 6.03 Å². The average molecular weight is 412 g/mol. The zero-order valence-corrected chi connectivity index (χ0v) is 14.3. The fraction of sp³-hybridized carbons (Fsp3) is 0.0667. The number of urea groups is 1. The zero-order valence-electron chi connectivity index (χ0n) is 11.1. The number of carbonyl (C=O) groups is 2. The summed E-state index contributed by atoms with van der Waals surface area (Å²) in [7, 11) is 0. The molecule has 0 atom stereocenters. The molecule has 0 unspecified atom stereocenters. The van der Waals surface area contributed by atoms with Crippen LogP contribution in [0.25, 0.3) is 0 Å². The lowest BCUT2D eigenvalue weighted by Crippen LogP contribution is -2.19. The van der Waals surface area contributed by atoms with Crippen LogP contribution in [-0.2, 0) is 0 Å². The molecule has 0 fully saturated rings. The van der Waals surface area contributed by atoms with Gasteiger partial charge in [0.2, 0.25) is 0 Å². The first-order valence-electron chi connectivity index (χ1n) is 6.10. The van der Waals surface area contributed by atoms with Gasteiger partial charge < -0.3 is 10.6 Å². The van der Waals surface area contributed by atoms with Crippen LogP contribution in [0, 0.1) is 0 Å². The molecule has 0 saturated heterocycles. The van der Waals surface area contributed by atoms with Crippen LogP contribution in [0.2, 0.25) is 0 Å². The van der Waals surface area contributed by atoms with E-state index in [2.05, 4.69) is 42.5 Å². The SMILES string of the molecule is CC(=O)c1ccc(NC(=O)Nc2ccc(Br)cc2Br)cc1. The second-order valence-electron chi connectivity index (χ2n) is 4.34. The van der Waals surface area contributed by atoms with E-state index in [0.29, 0.717) is 16.9 Å². The van der Waals surface area contributed by atoms with Crippen molar-refractivity contribution in [2.24, 2.45) is 0 Å². The normalized spacial score (nSPS) is 10.0. The molecule has 0 bridgehead atoms. The van der Waals surface area contributed by atoms with E-state index in [4.69, 9.17) is 0 Å². The smallest absolute Gasteiger partial charge is 0.308 e. The fourth-order valence-electron chi connectivity index (χ4n) is 1.66. The van der Waals surface area contributed by atoms with Gasteiger partial charge in [0.05, 0.1) is 5.69 Å². The summed E-state index contributed by atoms with van der Waals surface area (Å²) >= 11 is 6.73. The zero-order chi connectivity index (χ0) is 15.4. The second-order valence-corrected chi connectivity index (χ2v) is 6.11. The molecular formula is C15H12Br2N2O2. The van der Waals surface area contributed by atoms with Gasteiger partial charge in [-0.2, -0.15) is 0 Å². The lowest BCUT2D eigenvalue weighted by molar-refractivity contribution is 0.101. The van der Waals surface area contributed by atoms with Crippen molar-refractivity contribution in [3.05, 3.63) is 57.0 Å². The van der Waals surface area contributed by atoms with Crippen LogP contribution in [-0.4, -0.2) is 11.8 Å². The molecule has 21 heavy (non-hydrogen) atoms. The van der Waals surface area contributed by atoms with Gasteiger partial charge in [0, 0.05) is 20.2 Å². The second kappa shape index (κ2) is 6.87. The summed E-state index contributed by atoms with van der Waals surface area (Å²) in [5.41, 5.74) is 1.89. The molecule has 0 aliphatic heterocycles. The van der Waals surface area contributed by atoms with Crippen molar-refractivity contribution < 1.29 is 9.59 Å². The Balaban J connectivity index is 2.02. The van der Waals surface area contributed by atoms with Gasteiger partial charge in [-0.25, -0.2) is 4.79 Å². The third-order valence-electron chi connectivity index (χ3n) is 2.73. The van der Waals surface area contributed by atoms with Gasteiger partial charge in [-0.1, -0.05) is 15.9 Å². The molecule has 0 spiro atoms. The summed E-state index contributed by atoms with van der Waals surface area (Å²) < 4.78 is 1.69. The number of ketones is 1. The maximum absolute atomic E-state index is 11.9. The van der Waals surface area contributed by atoms with Gasteiger partial charge in [0.1, 0.15) is 0 Å². The molecule has 0 aliphatic rings. The summed E-state index contributed by atoms with van der Waals surface area (Å²) in [5.74, 6) is -0.00945. The third kappa shape index (κ3) is 4.41. The fourth-order valence-corrected chi connectivity index (χ4v) is 2.81.